The number of nitrogen functional groups attached to an aromatic ring is 1. The minimum atomic E-state index is -0.271. The van der Waals surface area contributed by atoms with E-state index in [4.69, 9.17) is 17.4 Å². The van der Waals surface area contributed by atoms with Crippen molar-refractivity contribution in [2.75, 3.05) is 10.7 Å². The van der Waals surface area contributed by atoms with Crippen molar-refractivity contribution < 1.29 is 4.79 Å². The van der Waals surface area contributed by atoms with E-state index < -0.39 is 0 Å². The number of hydrazine groups is 1. The summed E-state index contributed by atoms with van der Waals surface area (Å²) in [6.45, 7) is 1.95. The molecular formula is C14H14BrClN4O. The molecule has 2 rings (SSSR count). The van der Waals surface area contributed by atoms with E-state index in [1.807, 2.05) is 6.92 Å². The maximum atomic E-state index is 12.3. The van der Waals surface area contributed by atoms with E-state index in [1.54, 1.807) is 30.3 Å². The topological polar surface area (TPSA) is 80.0 Å². The fourth-order valence-corrected chi connectivity index (χ4v) is 2.48. The Bertz CT molecular complexity index is 656. The predicted molar refractivity (Wildman–Crippen MR) is 88.5 cm³/mol. The van der Waals surface area contributed by atoms with Crippen LogP contribution in [-0.2, 0) is 6.42 Å². The van der Waals surface area contributed by atoms with Gasteiger partial charge in [0.25, 0.3) is 5.91 Å². The number of aryl methyl sites for hydroxylation is 1. The molecule has 1 heterocycles. The predicted octanol–water partition coefficient (Wildman–Crippen LogP) is 3.60. The highest BCUT2D eigenvalue weighted by Crippen LogP contribution is 2.26. The van der Waals surface area contributed by atoms with Crippen molar-refractivity contribution in [2.24, 2.45) is 5.84 Å². The van der Waals surface area contributed by atoms with Crippen molar-refractivity contribution in [2.45, 2.75) is 13.3 Å². The summed E-state index contributed by atoms with van der Waals surface area (Å²) in [5.41, 5.74) is 4.24. The molecule has 0 fully saturated rings. The summed E-state index contributed by atoms with van der Waals surface area (Å²) in [5.74, 6) is 5.54. The van der Waals surface area contributed by atoms with Gasteiger partial charge in [0, 0.05) is 15.7 Å². The lowest BCUT2D eigenvalue weighted by molar-refractivity contribution is 0.102. The van der Waals surface area contributed by atoms with Crippen LogP contribution in [0.15, 0.2) is 34.8 Å². The number of anilines is 2. The summed E-state index contributed by atoms with van der Waals surface area (Å²) in [6, 6.07) is 8.56. The number of pyridine rings is 1. The average Bonchev–Trinajstić information content (AvgIpc) is 2.49. The first kappa shape index (κ1) is 15.8. The quantitative estimate of drug-likeness (QED) is 0.568. The summed E-state index contributed by atoms with van der Waals surface area (Å²) in [5, 5.41) is 3.23. The average molecular weight is 370 g/mol. The summed E-state index contributed by atoms with van der Waals surface area (Å²) in [6.07, 6.45) is 0.703. The Labute approximate surface area is 136 Å². The van der Waals surface area contributed by atoms with Gasteiger partial charge in [-0.15, -0.1) is 0 Å². The molecule has 0 saturated heterocycles. The monoisotopic (exact) mass is 368 g/mol. The molecule has 0 aliphatic heterocycles. The number of halogens is 2. The number of nitrogens with one attached hydrogen (secondary N) is 2. The molecule has 1 amide bonds. The molecular weight excluding hydrogens is 356 g/mol. The number of hydrogen-bond donors (Lipinski definition) is 3. The molecule has 0 aliphatic rings. The molecule has 1 aromatic heterocycles. The van der Waals surface area contributed by atoms with Crippen molar-refractivity contribution in [3.8, 4) is 0 Å². The molecule has 4 N–H and O–H groups in total. The number of carbonyl (C=O) groups is 1. The molecule has 0 aliphatic carbocycles. The van der Waals surface area contributed by atoms with E-state index in [0.29, 0.717) is 28.5 Å². The Morgan fingerprint density at radius 2 is 2.14 bits per heavy atom. The van der Waals surface area contributed by atoms with Gasteiger partial charge in [-0.05, 0) is 36.8 Å². The fourth-order valence-electron chi connectivity index (χ4n) is 1.76. The van der Waals surface area contributed by atoms with Gasteiger partial charge in [0.1, 0.15) is 5.82 Å². The first-order valence-corrected chi connectivity index (χ1v) is 7.44. The second kappa shape index (κ2) is 6.89. The first-order valence-electron chi connectivity index (χ1n) is 6.27. The van der Waals surface area contributed by atoms with Crippen molar-refractivity contribution in [1.29, 1.82) is 0 Å². The van der Waals surface area contributed by atoms with E-state index in [9.17, 15) is 4.79 Å². The Morgan fingerprint density at radius 3 is 2.76 bits per heavy atom. The second-order valence-electron chi connectivity index (χ2n) is 4.31. The third-order valence-electron chi connectivity index (χ3n) is 2.83. The lowest BCUT2D eigenvalue weighted by Gasteiger charge is -2.10. The highest BCUT2D eigenvalue weighted by atomic mass is 79.9. The van der Waals surface area contributed by atoms with Crippen LogP contribution in [0.5, 0.6) is 0 Å². The van der Waals surface area contributed by atoms with Crippen LogP contribution in [0.3, 0.4) is 0 Å². The number of rotatable bonds is 4. The molecule has 2 aromatic rings. The van der Waals surface area contributed by atoms with Gasteiger partial charge in [-0.3, -0.25) is 4.79 Å². The smallest absolute Gasteiger partial charge is 0.255 e. The van der Waals surface area contributed by atoms with Crippen molar-refractivity contribution in [3.05, 3.63) is 51.1 Å². The third kappa shape index (κ3) is 3.93. The molecule has 0 radical (unpaired) electrons. The van der Waals surface area contributed by atoms with E-state index in [1.165, 1.54) is 0 Å². The number of amides is 1. The SMILES string of the molecule is CCc1cc(C(=O)Nc2ccc(Br)cc2Cl)cc(NN)n1. The Kier molecular flexibility index (Phi) is 5.17. The summed E-state index contributed by atoms with van der Waals surface area (Å²) in [7, 11) is 0. The highest BCUT2D eigenvalue weighted by molar-refractivity contribution is 9.10. The van der Waals surface area contributed by atoms with Gasteiger partial charge < -0.3 is 10.7 Å². The first-order chi connectivity index (χ1) is 10.0. The van der Waals surface area contributed by atoms with E-state index in [0.717, 1.165) is 10.2 Å². The number of carbonyl (C=O) groups excluding carboxylic acids is 1. The van der Waals surface area contributed by atoms with Crippen molar-refractivity contribution >= 4 is 44.9 Å². The minimum Gasteiger partial charge on any atom is -0.321 e. The molecule has 5 nitrogen and oxygen atoms in total. The van der Waals surface area contributed by atoms with Crippen LogP contribution in [0.25, 0.3) is 0 Å². The molecule has 7 heteroatoms. The molecule has 110 valence electrons. The number of benzene rings is 1. The van der Waals surface area contributed by atoms with Gasteiger partial charge in [-0.25, -0.2) is 10.8 Å². The van der Waals surface area contributed by atoms with Gasteiger partial charge in [0.2, 0.25) is 0 Å². The summed E-state index contributed by atoms with van der Waals surface area (Å²) < 4.78 is 0.845. The Morgan fingerprint density at radius 1 is 1.38 bits per heavy atom. The lowest BCUT2D eigenvalue weighted by Crippen LogP contribution is -2.15. The summed E-state index contributed by atoms with van der Waals surface area (Å²) in [4.78, 5) is 16.6. The van der Waals surface area contributed by atoms with E-state index in [-0.39, 0.29) is 5.91 Å². The van der Waals surface area contributed by atoms with Crippen LogP contribution in [-0.4, -0.2) is 10.9 Å². The zero-order chi connectivity index (χ0) is 15.4. The lowest BCUT2D eigenvalue weighted by atomic mass is 10.1. The molecule has 0 bridgehead atoms. The van der Waals surface area contributed by atoms with Gasteiger partial charge in [0.05, 0.1) is 10.7 Å². The zero-order valence-electron chi connectivity index (χ0n) is 11.3. The van der Waals surface area contributed by atoms with Crippen LogP contribution in [0, 0.1) is 0 Å². The third-order valence-corrected chi connectivity index (χ3v) is 3.64. The molecule has 0 spiro atoms. The largest absolute Gasteiger partial charge is 0.321 e. The van der Waals surface area contributed by atoms with E-state index >= 15 is 0 Å². The van der Waals surface area contributed by atoms with Crippen LogP contribution in [0.4, 0.5) is 11.5 Å². The standard InChI is InChI=1S/C14H14BrClN4O/c1-2-10-5-8(6-13(18-10)20-17)14(21)19-12-4-3-9(15)7-11(12)16/h3-7H,2,17H2,1H3,(H,18,20)(H,19,21). The highest BCUT2D eigenvalue weighted by Gasteiger charge is 2.11. The van der Waals surface area contributed by atoms with E-state index in [2.05, 4.69) is 31.7 Å². The molecule has 21 heavy (non-hydrogen) atoms. The number of hydrogen-bond acceptors (Lipinski definition) is 4. The number of aromatic nitrogens is 1. The molecule has 0 unspecified atom stereocenters. The fraction of sp³-hybridized carbons (Fsp3) is 0.143. The molecule has 0 atom stereocenters. The van der Waals surface area contributed by atoms with Crippen LogP contribution in [0.2, 0.25) is 5.02 Å². The van der Waals surface area contributed by atoms with Crippen molar-refractivity contribution in [1.82, 2.24) is 4.98 Å². The minimum absolute atomic E-state index is 0.271. The summed E-state index contributed by atoms with van der Waals surface area (Å²) >= 11 is 9.41. The van der Waals surface area contributed by atoms with Crippen LogP contribution in [0.1, 0.15) is 23.0 Å². The normalized spacial score (nSPS) is 10.3. The maximum absolute atomic E-state index is 12.3. The van der Waals surface area contributed by atoms with Gasteiger partial charge in [0.15, 0.2) is 0 Å². The Balaban J connectivity index is 2.27. The van der Waals surface area contributed by atoms with Gasteiger partial charge in [-0.1, -0.05) is 34.5 Å². The van der Waals surface area contributed by atoms with Crippen LogP contribution < -0.4 is 16.6 Å². The zero-order valence-corrected chi connectivity index (χ0v) is 13.6. The maximum Gasteiger partial charge on any atom is 0.255 e. The molecule has 0 saturated carbocycles. The Hall–Kier alpha value is -1.63. The van der Waals surface area contributed by atoms with Gasteiger partial charge >= 0.3 is 0 Å². The molecule has 1 aromatic carbocycles. The van der Waals surface area contributed by atoms with Gasteiger partial charge in [-0.2, -0.15) is 0 Å². The van der Waals surface area contributed by atoms with Crippen molar-refractivity contribution in [3.63, 3.8) is 0 Å². The number of nitrogens with zero attached hydrogens (tertiary/aromatic N) is 1. The second-order valence-corrected chi connectivity index (χ2v) is 5.63. The number of nitrogens with two attached hydrogens (primary N) is 1. The van der Waals surface area contributed by atoms with Crippen LogP contribution >= 0.6 is 27.5 Å².